The molecular weight excluding hydrogens is 166 g/mol. The molecule has 0 N–H and O–H groups in total. The molecule has 0 bridgehead atoms. The first-order valence-corrected chi connectivity index (χ1v) is 4.87. The van der Waals surface area contributed by atoms with Gasteiger partial charge in [0.1, 0.15) is 5.54 Å². The number of carbonyl (C=O) groups excluding carboxylic acids is 1. The molecule has 0 aromatic carbocycles. The van der Waals surface area contributed by atoms with Gasteiger partial charge in [0, 0.05) is 5.41 Å². The van der Waals surface area contributed by atoms with E-state index in [2.05, 4.69) is 0 Å². The van der Waals surface area contributed by atoms with Gasteiger partial charge in [-0.1, -0.05) is 20.8 Å². The van der Waals surface area contributed by atoms with Crippen molar-refractivity contribution in [3.05, 3.63) is 0 Å². The van der Waals surface area contributed by atoms with E-state index in [1.165, 1.54) is 0 Å². The van der Waals surface area contributed by atoms with E-state index in [-0.39, 0.29) is 17.2 Å². The number of ketones is 1. The number of carbonyl (C=O) groups is 1. The van der Waals surface area contributed by atoms with Gasteiger partial charge in [0.05, 0.1) is 0 Å². The Balaban J connectivity index is 2.20. The Morgan fingerprint density at radius 2 is 2.15 bits per heavy atom. The van der Waals surface area contributed by atoms with Crippen LogP contribution in [0.5, 0.6) is 0 Å². The van der Waals surface area contributed by atoms with Gasteiger partial charge in [-0.15, -0.1) is 5.06 Å². The smallest absolute Gasteiger partial charge is 0.160 e. The first-order chi connectivity index (χ1) is 5.86. The third-order valence-corrected chi connectivity index (χ3v) is 2.99. The fourth-order valence-electron chi connectivity index (χ4n) is 2.24. The van der Waals surface area contributed by atoms with E-state index >= 15 is 0 Å². The summed E-state index contributed by atoms with van der Waals surface area (Å²) in [6.07, 6.45) is 2.17. The molecule has 0 aromatic heterocycles. The van der Waals surface area contributed by atoms with Gasteiger partial charge in [-0.2, -0.15) is 0 Å². The van der Waals surface area contributed by atoms with Crippen LogP contribution in [0.25, 0.3) is 0 Å². The van der Waals surface area contributed by atoms with Crippen LogP contribution in [0.15, 0.2) is 0 Å². The minimum absolute atomic E-state index is 0.233. The normalized spacial score (nSPS) is 43.1. The van der Waals surface area contributed by atoms with Gasteiger partial charge in [-0.05, 0) is 19.8 Å². The van der Waals surface area contributed by atoms with Crippen molar-refractivity contribution in [1.29, 1.82) is 0 Å². The van der Waals surface area contributed by atoms with Crippen LogP contribution in [0.4, 0.5) is 0 Å². The molecule has 3 nitrogen and oxygen atoms in total. The standard InChI is InChI=1S/C10H17NO2/c1-9(2,3)8(12)10(4)6-5-7-11(10)13-7/h7H,5-6H2,1-4H3. The quantitative estimate of drug-likeness (QED) is 0.580. The van der Waals surface area contributed by atoms with Crippen LogP contribution >= 0.6 is 0 Å². The van der Waals surface area contributed by atoms with Crippen molar-refractivity contribution in [3.63, 3.8) is 0 Å². The maximum absolute atomic E-state index is 12.1. The predicted molar refractivity (Wildman–Crippen MR) is 48.8 cm³/mol. The fourth-order valence-corrected chi connectivity index (χ4v) is 2.24. The average Bonchev–Trinajstić information content (AvgIpc) is 2.71. The Kier molecular flexibility index (Phi) is 1.65. The zero-order valence-electron chi connectivity index (χ0n) is 8.76. The van der Waals surface area contributed by atoms with Crippen molar-refractivity contribution < 1.29 is 9.63 Å². The first-order valence-electron chi connectivity index (χ1n) is 4.87. The summed E-state index contributed by atoms with van der Waals surface area (Å²) < 4.78 is 0. The Morgan fingerprint density at radius 1 is 1.54 bits per heavy atom. The second kappa shape index (κ2) is 2.34. The lowest BCUT2D eigenvalue weighted by Gasteiger charge is -2.30. The summed E-state index contributed by atoms with van der Waals surface area (Å²) in [4.78, 5) is 17.4. The Morgan fingerprint density at radius 3 is 2.46 bits per heavy atom. The monoisotopic (exact) mass is 183 g/mol. The molecule has 0 saturated carbocycles. The van der Waals surface area contributed by atoms with Gasteiger partial charge < -0.3 is 0 Å². The van der Waals surface area contributed by atoms with E-state index in [0.29, 0.717) is 5.78 Å². The van der Waals surface area contributed by atoms with Crippen molar-refractivity contribution in [3.8, 4) is 0 Å². The highest BCUT2D eigenvalue weighted by Gasteiger charge is 2.60. The number of hydrogen-bond acceptors (Lipinski definition) is 3. The molecular formula is C10H17NO2. The number of rotatable bonds is 1. The lowest BCUT2D eigenvalue weighted by molar-refractivity contribution is -0.138. The zero-order chi connectivity index (χ0) is 9.85. The number of nitrogens with zero attached hydrogens (tertiary/aromatic N) is 1. The summed E-state index contributed by atoms with van der Waals surface area (Å²) in [7, 11) is 0. The maximum atomic E-state index is 12.1. The van der Waals surface area contributed by atoms with E-state index in [4.69, 9.17) is 4.84 Å². The highest BCUT2D eigenvalue weighted by atomic mass is 16.8. The van der Waals surface area contributed by atoms with E-state index in [0.717, 1.165) is 12.8 Å². The van der Waals surface area contributed by atoms with Gasteiger partial charge in [-0.3, -0.25) is 9.63 Å². The zero-order valence-corrected chi connectivity index (χ0v) is 8.76. The fraction of sp³-hybridized carbons (Fsp3) is 0.900. The summed E-state index contributed by atoms with van der Waals surface area (Å²) in [6.45, 7) is 7.90. The molecule has 3 heteroatoms. The molecule has 3 unspecified atom stereocenters. The summed E-state index contributed by atoms with van der Waals surface area (Å²) in [5.41, 5.74) is -0.626. The van der Waals surface area contributed by atoms with Crippen molar-refractivity contribution in [2.24, 2.45) is 5.41 Å². The Hall–Kier alpha value is -0.410. The number of fused-ring (bicyclic) bond motifs is 1. The van der Waals surface area contributed by atoms with Crippen molar-refractivity contribution in [1.82, 2.24) is 5.06 Å². The van der Waals surface area contributed by atoms with Crippen LogP contribution < -0.4 is 0 Å². The van der Waals surface area contributed by atoms with Gasteiger partial charge in [0.2, 0.25) is 0 Å². The highest BCUT2D eigenvalue weighted by Crippen LogP contribution is 2.47. The molecule has 2 fully saturated rings. The van der Waals surface area contributed by atoms with Crippen LogP contribution in [0.2, 0.25) is 0 Å². The second-order valence-corrected chi connectivity index (χ2v) is 5.28. The maximum Gasteiger partial charge on any atom is 0.160 e. The lowest BCUT2D eigenvalue weighted by Crippen LogP contribution is -2.46. The molecule has 0 amide bonds. The van der Waals surface area contributed by atoms with Gasteiger partial charge in [0.25, 0.3) is 0 Å². The highest BCUT2D eigenvalue weighted by molar-refractivity contribution is 5.92. The molecule has 13 heavy (non-hydrogen) atoms. The Labute approximate surface area is 79.0 Å². The molecule has 0 aromatic rings. The largest absolute Gasteiger partial charge is 0.297 e. The summed E-state index contributed by atoms with van der Waals surface area (Å²) in [5.74, 6) is 0.292. The molecule has 0 aliphatic carbocycles. The number of hydroxylamine groups is 2. The third kappa shape index (κ3) is 1.22. The van der Waals surface area contributed by atoms with Crippen LogP contribution in [0.1, 0.15) is 40.5 Å². The molecule has 2 saturated heterocycles. The molecule has 0 spiro atoms. The molecule has 3 atom stereocenters. The van der Waals surface area contributed by atoms with E-state index in [1.54, 1.807) is 0 Å². The topological polar surface area (TPSA) is 32.6 Å². The molecule has 0 radical (unpaired) electrons. The van der Waals surface area contributed by atoms with Gasteiger partial charge >= 0.3 is 0 Å². The molecule has 2 aliphatic rings. The average molecular weight is 183 g/mol. The van der Waals surface area contributed by atoms with Crippen molar-refractivity contribution in [2.45, 2.75) is 52.3 Å². The second-order valence-electron chi connectivity index (χ2n) is 5.28. The summed E-state index contributed by atoms with van der Waals surface area (Å²) in [6, 6.07) is 0. The van der Waals surface area contributed by atoms with Crippen molar-refractivity contribution in [2.75, 3.05) is 0 Å². The predicted octanol–water partition coefficient (Wildman–Crippen LogP) is 1.73. The van der Waals surface area contributed by atoms with Crippen LogP contribution in [-0.4, -0.2) is 22.6 Å². The molecule has 2 aliphatic heterocycles. The minimum atomic E-state index is -0.358. The van der Waals surface area contributed by atoms with Crippen molar-refractivity contribution >= 4 is 5.78 Å². The SMILES string of the molecule is CC(C)(C)C(=O)C1(C)CCC2ON21. The summed E-state index contributed by atoms with van der Waals surface area (Å²) >= 11 is 0. The van der Waals surface area contributed by atoms with E-state index < -0.39 is 0 Å². The first kappa shape index (κ1) is 9.16. The third-order valence-electron chi connectivity index (χ3n) is 2.99. The number of hydrogen-bond donors (Lipinski definition) is 0. The molecule has 2 heterocycles. The van der Waals surface area contributed by atoms with Crippen LogP contribution in [0, 0.1) is 5.41 Å². The number of Topliss-reactive ketones (excluding diaryl/α,β-unsaturated/α-hetero) is 1. The lowest BCUT2D eigenvalue weighted by atomic mass is 9.78. The molecule has 74 valence electrons. The van der Waals surface area contributed by atoms with E-state index in [9.17, 15) is 4.79 Å². The van der Waals surface area contributed by atoms with Crippen LogP contribution in [0.3, 0.4) is 0 Å². The van der Waals surface area contributed by atoms with Crippen LogP contribution in [-0.2, 0) is 9.63 Å². The molecule has 2 rings (SSSR count). The van der Waals surface area contributed by atoms with E-state index in [1.807, 2.05) is 32.8 Å². The summed E-state index contributed by atoms with van der Waals surface area (Å²) in [5, 5.41) is 1.86. The minimum Gasteiger partial charge on any atom is -0.297 e. The van der Waals surface area contributed by atoms with Gasteiger partial charge in [0.15, 0.2) is 12.0 Å². The van der Waals surface area contributed by atoms with Gasteiger partial charge in [-0.25, -0.2) is 0 Å². The Bertz CT molecular complexity index is 256.